The predicted octanol–water partition coefficient (Wildman–Crippen LogP) is 2.45. The molecule has 0 aliphatic heterocycles. The molecule has 0 unspecified atom stereocenters. The van der Waals surface area contributed by atoms with Crippen LogP contribution in [0.25, 0.3) is 0 Å². The maximum absolute atomic E-state index is 12.3. The molecule has 0 aliphatic rings. The van der Waals surface area contributed by atoms with Crippen LogP contribution in [0, 0.1) is 0 Å². The zero-order valence-corrected chi connectivity index (χ0v) is 17.9. The van der Waals surface area contributed by atoms with E-state index in [1.165, 1.54) is 24.3 Å². The van der Waals surface area contributed by atoms with E-state index in [1.54, 1.807) is 0 Å². The van der Waals surface area contributed by atoms with Gasteiger partial charge >= 0.3 is 0 Å². The van der Waals surface area contributed by atoms with Crippen molar-refractivity contribution in [2.45, 2.75) is 56.9 Å². The Morgan fingerprint density at radius 2 is 1.54 bits per heavy atom. The summed E-state index contributed by atoms with van der Waals surface area (Å²) in [6.07, 6.45) is 2.67. The first-order valence-corrected chi connectivity index (χ1v) is 11.6. The van der Waals surface area contributed by atoms with Crippen LogP contribution >= 0.6 is 12.4 Å². The van der Waals surface area contributed by atoms with Crippen LogP contribution in [0.1, 0.15) is 46.5 Å². The lowest BCUT2D eigenvalue weighted by Crippen LogP contribution is -2.49. The van der Waals surface area contributed by atoms with Gasteiger partial charge in [-0.3, -0.25) is 4.72 Å². The minimum absolute atomic E-state index is 0. The Morgan fingerprint density at radius 1 is 1.00 bits per heavy atom. The molecule has 10 heteroatoms. The Hall–Kier alpha value is -0.870. The van der Waals surface area contributed by atoms with Crippen molar-refractivity contribution < 1.29 is 16.8 Å². The van der Waals surface area contributed by atoms with E-state index in [0.717, 1.165) is 6.42 Å². The Morgan fingerprint density at radius 3 is 2.00 bits per heavy atom. The fraction of sp³-hybridized carbons (Fsp3) is 0.625. The monoisotopic (exact) mass is 427 g/mol. The highest BCUT2D eigenvalue weighted by atomic mass is 35.5. The number of unbranched alkanes of at least 4 members (excludes halogenated alkanes) is 1. The Labute approximate surface area is 163 Å². The molecule has 4 N–H and O–H groups in total. The number of anilines is 1. The summed E-state index contributed by atoms with van der Waals surface area (Å²) in [5, 5.41) is 0. The molecule has 0 radical (unpaired) electrons. The predicted molar refractivity (Wildman–Crippen MR) is 109 cm³/mol. The summed E-state index contributed by atoms with van der Waals surface area (Å²) in [5.41, 5.74) is 5.87. The van der Waals surface area contributed by atoms with Gasteiger partial charge in [-0.15, -0.1) is 12.4 Å². The molecule has 0 atom stereocenters. The van der Waals surface area contributed by atoms with Crippen molar-refractivity contribution in [3.63, 3.8) is 0 Å². The molecule has 0 aromatic heterocycles. The van der Waals surface area contributed by atoms with Gasteiger partial charge in [-0.25, -0.2) is 21.6 Å². The number of hydrogen-bond donors (Lipinski definition) is 3. The van der Waals surface area contributed by atoms with Crippen LogP contribution in [-0.2, 0) is 20.0 Å². The Bertz CT molecular complexity index is 746. The fourth-order valence-electron chi connectivity index (χ4n) is 2.09. The van der Waals surface area contributed by atoms with Gasteiger partial charge in [0.25, 0.3) is 0 Å². The third-order valence-corrected chi connectivity index (χ3v) is 7.02. The molecule has 7 nitrogen and oxygen atoms in total. The first-order valence-electron chi connectivity index (χ1n) is 8.46. The van der Waals surface area contributed by atoms with Crippen molar-refractivity contribution in [3.05, 3.63) is 24.3 Å². The molecule has 0 saturated carbocycles. The van der Waals surface area contributed by atoms with Gasteiger partial charge in [0.1, 0.15) is 0 Å². The van der Waals surface area contributed by atoms with E-state index in [4.69, 9.17) is 5.73 Å². The SMILES string of the molecule is CCCCS(=O)(=O)Nc1ccc(S(=O)(=O)NCC(N)(CC)CC)cc1.Cl. The quantitative estimate of drug-likeness (QED) is 0.501. The number of sulfonamides is 2. The molecule has 0 amide bonds. The lowest BCUT2D eigenvalue weighted by atomic mass is 9.95. The molecule has 26 heavy (non-hydrogen) atoms. The average Bonchev–Trinajstić information content (AvgIpc) is 2.58. The minimum atomic E-state index is -3.70. The largest absolute Gasteiger partial charge is 0.324 e. The van der Waals surface area contributed by atoms with Gasteiger partial charge < -0.3 is 5.73 Å². The highest BCUT2D eigenvalue weighted by Crippen LogP contribution is 2.17. The third-order valence-electron chi connectivity index (χ3n) is 4.23. The number of benzene rings is 1. The molecule has 1 aromatic carbocycles. The Balaban J connectivity index is 0.00000625. The number of rotatable bonds is 11. The molecule has 1 aromatic rings. The summed E-state index contributed by atoms with van der Waals surface area (Å²) in [6, 6.07) is 5.62. The summed E-state index contributed by atoms with van der Waals surface area (Å²) in [6.45, 7) is 5.89. The first kappa shape index (κ1) is 25.1. The van der Waals surface area contributed by atoms with Crippen molar-refractivity contribution in [1.29, 1.82) is 0 Å². The van der Waals surface area contributed by atoms with Gasteiger partial charge in [0.15, 0.2) is 0 Å². The summed E-state index contributed by atoms with van der Waals surface area (Å²) < 4.78 is 53.4. The highest BCUT2D eigenvalue weighted by molar-refractivity contribution is 7.92. The lowest BCUT2D eigenvalue weighted by Gasteiger charge is -2.26. The summed E-state index contributed by atoms with van der Waals surface area (Å²) >= 11 is 0. The van der Waals surface area contributed by atoms with Crippen LogP contribution in [0.3, 0.4) is 0 Å². The molecule has 0 aliphatic carbocycles. The Kier molecular flexibility index (Phi) is 10.1. The average molecular weight is 428 g/mol. The number of nitrogens with two attached hydrogens (primary N) is 1. The molecular formula is C16H30ClN3O4S2. The minimum Gasteiger partial charge on any atom is -0.324 e. The first-order chi connectivity index (χ1) is 11.6. The van der Waals surface area contributed by atoms with Gasteiger partial charge in [0.2, 0.25) is 20.0 Å². The molecule has 152 valence electrons. The second-order valence-corrected chi connectivity index (χ2v) is 9.80. The van der Waals surface area contributed by atoms with Crippen molar-refractivity contribution in [1.82, 2.24) is 4.72 Å². The van der Waals surface area contributed by atoms with Crippen LogP contribution in [0.4, 0.5) is 5.69 Å². The van der Waals surface area contributed by atoms with E-state index >= 15 is 0 Å². The number of halogens is 1. The van der Waals surface area contributed by atoms with Gasteiger partial charge in [-0.05, 0) is 43.5 Å². The number of hydrogen-bond acceptors (Lipinski definition) is 5. The van der Waals surface area contributed by atoms with E-state index in [1.807, 2.05) is 20.8 Å². The van der Waals surface area contributed by atoms with Crippen molar-refractivity contribution in [3.8, 4) is 0 Å². The van der Waals surface area contributed by atoms with Gasteiger partial charge in [-0.1, -0.05) is 27.2 Å². The maximum atomic E-state index is 12.3. The van der Waals surface area contributed by atoms with Crippen LogP contribution < -0.4 is 15.2 Å². The second kappa shape index (κ2) is 10.5. The zero-order chi connectivity index (χ0) is 19.1. The normalized spacial score (nSPS) is 12.5. The maximum Gasteiger partial charge on any atom is 0.240 e. The van der Waals surface area contributed by atoms with E-state index < -0.39 is 25.6 Å². The zero-order valence-electron chi connectivity index (χ0n) is 15.5. The standard InChI is InChI=1S/C16H29N3O4S2.ClH/c1-4-7-12-24(20,21)19-14-8-10-15(11-9-14)25(22,23)18-13-16(17,5-2)6-3;/h8-11,18-19H,4-7,12-13,17H2,1-3H3;1H. The van der Waals surface area contributed by atoms with E-state index in [0.29, 0.717) is 24.9 Å². The molecule has 0 heterocycles. The molecular weight excluding hydrogens is 398 g/mol. The highest BCUT2D eigenvalue weighted by Gasteiger charge is 2.24. The van der Waals surface area contributed by atoms with Crippen molar-refractivity contribution >= 4 is 38.1 Å². The van der Waals surface area contributed by atoms with Gasteiger partial charge in [0, 0.05) is 17.8 Å². The lowest BCUT2D eigenvalue weighted by molar-refractivity contribution is 0.392. The van der Waals surface area contributed by atoms with Crippen LogP contribution in [0.15, 0.2) is 29.2 Å². The summed E-state index contributed by atoms with van der Waals surface area (Å²) in [7, 11) is -7.11. The van der Waals surface area contributed by atoms with Crippen molar-refractivity contribution in [2.24, 2.45) is 5.73 Å². The molecule has 0 saturated heterocycles. The van der Waals surface area contributed by atoms with Gasteiger partial charge in [0.05, 0.1) is 10.6 Å². The van der Waals surface area contributed by atoms with E-state index in [-0.39, 0.29) is 29.6 Å². The molecule has 0 spiro atoms. The molecule has 0 fully saturated rings. The second-order valence-electron chi connectivity index (χ2n) is 6.19. The van der Waals surface area contributed by atoms with Gasteiger partial charge in [-0.2, -0.15) is 0 Å². The number of nitrogens with one attached hydrogen (secondary N) is 2. The van der Waals surface area contributed by atoms with Crippen LogP contribution in [-0.4, -0.2) is 34.7 Å². The topological polar surface area (TPSA) is 118 Å². The summed E-state index contributed by atoms with van der Waals surface area (Å²) in [4.78, 5) is 0.0681. The molecule has 1 rings (SSSR count). The van der Waals surface area contributed by atoms with E-state index in [9.17, 15) is 16.8 Å². The smallest absolute Gasteiger partial charge is 0.240 e. The van der Waals surface area contributed by atoms with E-state index in [2.05, 4.69) is 9.44 Å². The fourth-order valence-corrected chi connectivity index (χ4v) is 4.49. The van der Waals surface area contributed by atoms with Crippen LogP contribution in [0.5, 0.6) is 0 Å². The van der Waals surface area contributed by atoms with Crippen molar-refractivity contribution in [2.75, 3.05) is 17.0 Å². The molecule has 0 bridgehead atoms. The van der Waals surface area contributed by atoms with Crippen LogP contribution in [0.2, 0.25) is 0 Å². The summed E-state index contributed by atoms with van der Waals surface area (Å²) in [5.74, 6) is 0.0394. The third kappa shape index (κ3) is 7.79.